The highest BCUT2D eigenvalue weighted by atomic mass is 35.5. The van der Waals surface area contributed by atoms with E-state index in [9.17, 15) is 9.59 Å². The highest BCUT2D eigenvalue weighted by Crippen LogP contribution is 2.19. The number of hydrogen-bond donors (Lipinski definition) is 2. The van der Waals surface area contributed by atoms with Crippen molar-refractivity contribution < 1.29 is 19.5 Å². The molecule has 1 heterocycles. The number of rotatable bonds is 4. The molecule has 1 amide bonds. The maximum absolute atomic E-state index is 11.3. The van der Waals surface area contributed by atoms with E-state index in [-0.39, 0.29) is 15.7 Å². The molecule has 0 radical (unpaired) electrons. The summed E-state index contributed by atoms with van der Waals surface area (Å²) in [5.41, 5.74) is 2.03. The lowest BCUT2D eigenvalue weighted by Gasteiger charge is -2.04. The Hall–Kier alpha value is -1.37. The van der Waals surface area contributed by atoms with E-state index in [0.29, 0.717) is 0 Å². The van der Waals surface area contributed by atoms with Crippen LogP contribution in [0.4, 0.5) is 0 Å². The first-order valence-corrected chi connectivity index (χ1v) is 4.71. The summed E-state index contributed by atoms with van der Waals surface area (Å²) in [6, 6.07) is 1.29. The maximum Gasteiger partial charge on any atom is 0.332 e. The van der Waals surface area contributed by atoms with E-state index in [1.807, 2.05) is 5.48 Å². The van der Waals surface area contributed by atoms with Gasteiger partial charge in [0, 0.05) is 6.20 Å². The summed E-state index contributed by atoms with van der Waals surface area (Å²) < 4.78 is 0. The van der Waals surface area contributed by atoms with Crippen molar-refractivity contribution >= 4 is 35.1 Å². The van der Waals surface area contributed by atoms with Crippen LogP contribution in [-0.2, 0) is 9.63 Å². The zero-order valence-electron chi connectivity index (χ0n) is 7.74. The lowest BCUT2D eigenvalue weighted by molar-refractivity contribution is -0.144. The molecular weight excluding hydrogens is 259 g/mol. The number of hydroxylamine groups is 1. The molecule has 1 rings (SSSR count). The van der Waals surface area contributed by atoms with Gasteiger partial charge in [0.25, 0.3) is 5.91 Å². The number of carbonyl (C=O) groups is 2. The van der Waals surface area contributed by atoms with E-state index in [4.69, 9.17) is 28.3 Å². The van der Waals surface area contributed by atoms with E-state index in [2.05, 4.69) is 9.82 Å². The Morgan fingerprint density at radius 3 is 2.75 bits per heavy atom. The highest BCUT2D eigenvalue weighted by Gasteiger charge is 2.09. The van der Waals surface area contributed by atoms with Crippen molar-refractivity contribution in [1.29, 1.82) is 0 Å². The average Bonchev–Trinajstić information content (AvgIpc) is 2.21. The van der Waals surface area contributed by atoms with Crippen molar-refractivity contribution in [3.63, 3.8) is 0 Å². The molecule has 0 bridgehead atoms. The van der Waals surface area contributed by atoms with Crippen LogP contribution >= 0.6 is 23.2 Å². The number of aliphatic carboxylic acids is 1. The molecule has 8 heteroatoms. The van der Waals surface area contributed by atoms with Crippen LogP contribution in [0.15, 0.2) is 12.3 Å². The van der Waals surface area contributed by atoms with Crippen LogP contribution in [0, 0.1) is 0 Å². The summed E-state index contributed by atoms with van der Waals surface area (Å²) in [5, 5.41) is 8.44. The van der Waals surface area contributed by atoms with Crippen LogP contribution in [-0.4, -0.2) is 28.6 Å². The lowest BCUT2D eigenvalue weighted by Crippen LogP contribution is -2.26. The topological polar surface area (TPSA) is 88.5 Å². The molecule has 0 saturated carbocycles. The fraction of sp³-hybridized carbons (Fsp3) is 0.125. The summed E-state index contributed by atoms with van der Waals surface area (Å²) in [6.45, 7) is -0.638. The van der Waals surface area contributed by atoms with Crippen LogP contribution in [0.2, 0.25) is 10.2 Å². The Kier molecular flexibility index (Phi) is 4.48. The average molecular weight is 265 g/mol. The van der Waals surface area contributed by atoms with E-state index in [1.165, 1.54) is 12.3 Å². The van der Waals surface area contributed by atoms with Gasteiger partial charge in [-0.15, -0.1) is 0 Å². The molecule has 0 aliphatic carbocycles. The second kappa shape index (κ2) is 5.64. The molecule has 0 fully saturated rings. The zero-order valence-corrected chi connectivity index (χ0v) is 9.25. The first kappa shape index (κ1) is 12.7. The van der Waals surface area contributed by atoms with Crippen LogP contribution in [0.25, 0.3) is 0 Å². The van der Waals surface area contributed by atoms with Crippen molar-refractivity contribution in [3.05, 3.63) is 28.0 Å². The molecule has 0 atom stereocenters. The van der Waals surface area contributed by atoms with Gasteiger partial charge in [-0.1, -0.05) is 23.2 Å². The number of halogens is 2. The number of pyridine rings is 1. The van der Waals surface area contributed by atoms with Gasteiger partial charge in [0.15, 0.2) is 6.61 Å². The minimum absolute atomic E-state index is 0.0738. The maximum atomic E-state index is 11.3. The quantitative estimate of drug-likeness (QED) is 0.629. The predicted octanol–water partition coefficient (Wildman–Crippen LogP) is 1.13. The summed E-state index contributed by atoms with van der Waals surface area (Å²) >= 11 is 11.2. The smallest absolute Gasteiger partial charge is 0.332 e. The van der Waals surface area contributed by atoms with E-state index < -0.39 is 18.5 Å². The van der Waals surface area contributed by atoms with Crippen LogP contribution in [0.1, 0.15) is 10.4 Å². The van der Waals surface area contributed by atoms with E-state index in [0.717, 1.165) is 0 Å². The monoisotopic (exact) mass is 264 g/mol. The third-order valence-corrected chi connectivity index (χ3v) is 2.11. The van der Waals surface area contributed by atoms with E-state index in [1.54, 1.807) is 0 Å². The van der Waals surface area contributed by atoms with Crippen molar-refractivity contribution in [1.82, 2.24) is 10.5 Å². The number of aromatic nitrogens is 1. The molecule has 1 aromatic heterocycles. The number of carboxylic acids is 1. The van der Waals surface area contributed by atoms with Gasteiger partial charge in [0.2, 0.25) is 0 Å². The van der Waals surface area contributed by atoms with Gasteiger partial charge in [0.1, 0.15) is 5.15 Å². The largest absolute Gasteiger partial charge is 0.479 e. The lowest BCUT2D eigenvalue weighted by atomic mass is 10.3. The van der Waals surface area contributed by atoms with Crippen LogP contribution in [0.3, 0.4) is 0 Å². The molecule has 6 nitrogen and oxygen atoms in total. The molecule has 0 aliphatic heterocycles. The summed E-state index contributed by atoms with van der Waals surface area (Å²) in [4.78, 5) is 29.4. The van der Waals surface area contributed by atoms with Gasteiger partial charge >= 0.3 is 5.97 Å². The number of hydrogen-bond acceptors (Lipinski definition) is 4. The molecule has 0 aliphatic rings. The van der Waals surface area contributed by atoms with Crippen molar-refractivity contribution in [2.45, 2.75) is 0 Å². The minimum Gasteiger partial charge on any atom is -0.479 e. The van der Waals surface area contributed by atoms with Gasteiger partial charge in [-0.2, -0.15) is 0 Å². The van der Waals surface area contributed by atoms with Gasteiger partial charge in [-0.3, -0.25) is 9.63 Å². The molecular formula is C8H6Cl2N2O4. The highest BCUT2D eigenvalue weighted by molar-refractivity contribution is 6.41. The Morgan fingerprint density at radius 1 is 1.50 bits per heavy atom. The van der Waals surface area contributed by atoms with Crippen LogP contribution < -0.4 is 5.48 Å². The SMILES string of the molecule is O=C(O)CONC(=O)c1cnc(Cl)c(Cl)c1. The number of carbonyl (C=O) groups excluding carboxylic acids is 1. The van der Waals surface area contributed by atoms with Gasteiger partial charge in [-0.25, -0.2) is 15.3 Å². The Bertz CT molecular complexity index is 424. The van der Waals surface area contributed by atoms with Gasteiger partial charge in [-0.05, 0) is 6.07 Å². The van der Waals surface area contributed by atoms with Gasteiger partial charge < -0.3 is 5.11 Å². The second-order valence-electron chi connectivity index (χ2n) is 2.61. The number of nitrogens with one attached hydrogen (secondary N) is 1. The fourth-order valence-electron chi connectivity index (χ4n) is 0.768. The molecule has 0 aromatic carbocycles. The standard InChI is InChI=1S/C8H6Cl2N2O4/c9-5-1-4(2-11-7(5)10)8(15)12-16-3-6(13)14/h1-2H,3H2,(H,12,15)(H,13,14). The third kappa shape index (κ3) is 3.65. The molecule has 86 valence electrons. The molecule has 0 spiro atoms. The van der Waals surface area contributed by atoms with Crippen molar-refractivity contribution in [2.24, 2.45) is 0 Å². The molecule has 0 saturated heterocycles. The molecule has 1 aromatic rings. The van der Waals surface area contributed by atoms with Crippen molar-refractivity contribution in [2.75, 3.05) is 6.61 Å². The Morgan fingerprint density at radius 2 is 2.19 bits per heavy atom. The fourth-order valence-corrected chi connectivity index (χ4v) is 1.04. The number of amides is 1. The number of nitrogens with zero attached hydrogens (tertiary/aromatic N) is 1. The normalized spacial score (nSPS) is 9.88. The summed E-state index contributed by atoms with van der Waals surface area (Å²) in [5.74, 6) is -1.86. The summed E-state index contributed by atoms with van der Waals surface area (Å²) in [6.07, 6.45) is 1.19. The Balaban J connectivity index is 2.59. The van der Waals surface area contributed by atoms with Gasteiger partial charge in [0.05, 0.1) is 10.6 Å². The first-order chi connectivity index (χ1) is 7.50. The molecule has 16 heavy (non-hydrogen) atoms. The zero-order chi connectivity index (χ0) is 12.1. The third-order valence-electron chi connectivity index (χ3n) is 1.42. The van der Waals surface area contributed by atoms with Crippen LogP contribution in [0.5, 0.6) is 0 Å². The predicted molar refractivity (Wildman–Crippen MR) is 55.3 cm³/mol. The van der Waals surface area contributed by atoms with E-state index >= 15 is 0 Å². The number of carboxylic acid groups (broad SMARTS) is 1. The molecule has 0 unspecified atom stereocenters. The Labute approximate surface area is 100 Å². The minimum atomic E-state index is -1.20. The molecule has 2 N–H and O–H groups in total. The van der Waals surface area contributed by atoms with Crippen molar-refractivity contribution in [3.8, 4) is 0 Å². The summed E-state index contributed by atoms with van der Waals surface area (Å²) in [7, 11) is 0. The second-order valence-corrected chi connectivity index (χ2v) is 3.38. The first-order valence-electron chi connectivity index (χ1n) is 3.95.